The Kier molecular flexibility index (Phi) is 3.73. The average Bonchev–Trinajstić information content (AvgIpc) is 2.86. The highest BCUT2D eigenvalue weighted by molar-refractivity contribution is 6.02. The van der Waals surface area contributed by atoms with Crippen molar-refractivity contribution in [1.82, 2.24) is 10.2 Å². The van der Waals surface area contributed by atoms with Gasteiger partial charge >= 0.3 is 0 Å². The minimum atomic E-state index is -1.49. The van der Waals surface area contributed by atoms with E-state index in [0.717, 1.165) is 0 Å². The second kappa shape index (κ2) is 5.14. The highest BCUT2D eigenvalue weighted by Gasteiger charge is 2.50. The molecule has 1 atom stereocenters. The van der Waals surface area contributed by atoms with Crippen molar-refractivity contribution in [2.75, 3.05) is 13.2 Å². The molecule has 2 aliphatic heterocycles. The number of nitrogens with one attached hydrogen (secondary N) is 1. The molecule has 1 saturated heterocycles. The normalized spacial score (nSPS) is 26.5. The maximum atomic E-state index is 11.9. The molecule has 0 saturated carbocycles. The zero-order valence-corrected chi connectivity index (χ0v) is 10.8. The number of carbonyl (C=O) groups excluding carboxylic acids is 2. The van der Waals surface area contributed by atoms with Gasteiger partial charge in [-0.3, -0.25) is 9.59 Å². The molecule has 1 fully saturated rings. The number of allylic oxidation sites excluding steroid dienone is 1. The molecule has 2 heterocycles. The van der Waals surface area contributed by atoms with Crippen LogP contribution >= 0.6 is 0 Å². The van der Waals surface area contributed by atoms with Crippen molar-refractivity contribution in [1.29, 1.82) is 0 Å². The van der Waals surface area contributed by atoms with Gasteiger partial charge in [-0.05, 0) is 12.8 Å². The Labute approximate surface area is 111 Å². The Balaban J connectivity index is 2.12. The van der Waals surface area contributed by atoms with E-state index >= 15 is 0 Å². The van der Waals surface area contributed by atoms with E-state index in [1.165, 1.54) is 11.0 Å². The largest absolute Gasteiger partial charge is 0.391 e. The van der Waals surface area contributed by atoms with Crippen LogP contribution in [0.2, 0.25) is 0 Å². The number of ketones is 1. The molecule has 104 valence electrons. The summed E-state index contributed by atoms with van der Waals surface area (Å²) in [5, 5.41) is 21.9. The number of fused-ring (bicyclic) bond motifs is 1. The van der Waals surface area contributed by atoms with E-state index < -0.39 is 17.4 Å². The molecular weight excluding hydrogens is 248 g/mol. The molecule has 0 aromatic carbocycles. The third-order valence-electron chi connectivity index (χ3n) is 3.46. The van der Waals surface area contributed by atoms with Crippen LogP contribution < -0.4 is 5.32 Å². The monoisotopic (exact) mass is 266 g/mol. The first-order valence-corrected chi connectivity index (χ1v) is 6.40. The standard InChI is InChI=1S/C13H18N2O4/c1-2-4-9(8-16)12(18)14-11-7-10(17)13(19)5-3-6-15(11)13/h4,7,16,19H,2-3,5-6,8H2,1H3,(H,14,18)/b9-4+. The van der Waals surface area contributed by atoms with Gasteiger partial charge < -0.3 is 20.4 Å². The molecule has 0 radical (unpaired) electrons. The summed E-state index contributed by atoms with van der Waals surface area (Å²) in [5.41, 5.74) is -1.23. The Morgan fingerprint density at radius 1 is 1.63 bits per heavy atom. The highest BCUT2D eigenvalue weighted by Crippen LogP contribution is 2.35. The molecule has 19 heavy (non-hydrogen) atoms. The van der Waals surface area contributed by atoms with Crippen LogP contribution in [0.3, 0.4) is 0 Å². The molecule has 1 unspecified atom stereocenters. The minimum absolute atomic E-state index is 0.255. The number of hydrogen-bond donors (Lipinski definition) is 3. The molecule has 1 amide bonds. The summed E-state index contributed by atoms with van der Waals surface area (Å²) in [6, 6.07) is 0. The summed E-state index contributed by atoms with van der Waals surface area (Å²) < 4.78 is 0. The van der Waals surface area contributed by atoms with E-state index in [2.05, 4.69) is 5.32 Å². The van der Waals surface area contributed by atoms with Gasteiger partial charge in [0.05, 0.1) is 6.61 Å². The van der Waals surface area contributed by atoms with Gasteiger partial charge in [-0.2, -0.15) is 0 Å². The zero-order chi connectivity index (χ0) is 14.0. The van der Waals surface area contributed by atoms with Crippen LogP contribution in [-0.2, 0) is 9.59 Å². The van der Waals surface area contributed by atoms with Crippen LogP contribution in [0.1, 0.15) is 26.2 Å². The number of nitrogens with zero attached hydrogens (tertiary/aromatic N) is 1. The third kappa shape index (κ3) is 2.29. The Hall–Kier alpha value is -1.66. The van der Waals surface area contributed by atoms with E-state index in [9.17, 15) is 14.7 Å². The van der Waals surface area contributed by atoms with E-state index in [1.807, 2.05) is 6.92 Å². The number of hydrogen-bond acceptors (Lipinski definition) is 5. The van der Waals surface area contributed by atoms with E-state index in [4.69, 9.17) is 5.11 Å². The van der Waals surface area contributed by atoms with Gasteiger partial charge in [-0.15, -0.1) is 0 Å². The lowest BCUT2D eigenvalue weighted by molar-refractivity contribution is -0.142. The van der Waals surface area contributed by atoms with Gasteiger partial charge in [0.25, 0.3) is 5.91 Å². The molecule has 0 spiro atoms. The first kappa shape index (κ1) is 13.8. The van der Waals surface area contributed by atoms with Crippen molar-refractivity contribution >= 4 is 11.7 Å². The fourth-order valence-corrected chi connectivity index (χ4v) is 2.47. The smallest absolute Gasteiger partial charge is 0.254 e. The van der Waals surface area contributed by atoms with Crippen molar-refractivity contribution < 1.29 is 19.8 Å². The van der Waals surface area contributed by atoms with Crippen molar-refractivity contribution in [2.45, 2.75) is 31.9 Å². The van der Waals surface area contributed by atoms with Crippen molar-refractivity contribution in [3.05, 3.63) is 23.5 Å². The Morgan fingerprint density at radius 3 is 3.00 bits per heavy atom. The Bertz CT molecular complexity index is 469. The summed E-state index contributed by atoms with van der Waals surface area (Å²) in [7, 11) is 0. The molecule has 3 N–H and O–H groups in total. The van der Waals surface area contributed by atoms with E-state index in [-0.39, 0.29) is 12.2 Å². The number of aliphatic hydroxyl groups is 2. The van der Waals surface area contributed by atoms with Gasteiger partial charge in [-0.25, -0.2) is 0 Å². The topological polar surface area (TPSA) is 89.9 Å². The fraction of sp³-hybridized carbons (Fsp3) is 0.538. The summed E-state index contributed by atoms with van der Waals surface area (Å²) in [4.78, 5) is 25.2. The predicted octanol–water partition coefficient (Wildman–Crippen LogP) is -0.360. The second-order valence-electron chi connectivity index (χ2n) is 4.72. The van der Waals surface area contributed by atoms with Crippen LogP contribution in [-0.4, -0.2) is 45.7 Å². The van der Waals surface area contributed by atoms with Crippen LogP contribution in [0, 0.1) is 0 Å². The van der Waals surface area contributed by atoms with E-state index in [0.29, 0.717) is 31.6 Å². The van der Waals surface area contributed by atoms with Gasteiger partial charge in [-0.1, -0.05) is 13.0 Å². The first-order chi connectivity index (χ1) is 9.02. The van der Waals surface area contributed by atoms with Crippen molar-refractivity contribution in [2.24, 2.45) is 0 Å². The quantitative estimate of drug-likeness (QED) is 0.605. The molecule has 6 heteroatoms. The Morgan fingerprint density at radius 2 is 2.37 bits per heavy atom. The lowest BCUT2D eigenvalue weighted by Gasteiger charge is -2.28. The number of aliphatic hydroxyl groups excluding tert-OH is 1. The van der Waals surface area contributed by atoms with Gasteiger partial charge in [0.2, 0.25) is 11.5 Å². The van der Waals surface area contributed by atoms with E-state index in [1.54, 1.807) is 6.08 Å². The van der Waals surface area contributed by atoms with Gasteiger partial charge in [0.1, 0.15) is 5.82 Å². The van der Waals surface area contributed by atoms with Crippen molar-refractivity contribution in [3.8, 4) is 0 Å². The number of rotatable bonds is 4. The average molecular weight is 266 g/mol. The predicted molar refractivity (Wildman–Crippen MR) is 67.6 cm³/mol. The van der Waals surface area contributed by atoms with Gasteiger partial charge in [0, 0.05) is 24.6 Å². The fourth-order valence-electron chi connectivity index (χ4n) is 2.47. The molecule has 2 rings (SSSR count). The van der Waals surface area contributed by atoms with Crippen LogP contribution in [0.5, 0.6) is 0 Å². The first-order valence-electron chi connectivity index (χ1n) is 6.40. The van der Waals surface area contributed by atoms with Crippen LogP contribution in [0.4, 0.5) is 0 Å². The van der Waals surface area contributed by atoms with Gasteiger partial charge in [0.15, 0.2) is 0 Å². The molecule has 0 aromatic heterocycles. The molecule has 0 aliphatic carbocycles. The maximum Gasteiger partial charge on any atom is 0.254 e. The molecular formula is C13H18N2O4. The third-order valence-corrected chi connectivity index (χ3v) is 3.46. The summed E-state index contributed by atoms with van der Waals surface area (Å²) >= 11 is 0. The minimum Gasteiger partial charge on any atom is -0.391 e. The zero-order valence-electron chi connectivity index (χ0n) is 10.8. The molecule has 6 nitrogen and oxygen atoms in total. The van der Waals surface area contributed by atoms with Crippen LogP contribution in [0.25, 0.3) is 0 Å². The maximum absolute atomic E-state index is 11.9. The highest BCUT2D eigenvalue weighted by atomic mass is 16.3. The van der Waals surface area contributed by atoms with Crippen molar-refractivity contribution in [3.63, 3.8) is 0 Å². The lowest BCUT2D eigenvalue weighted by Crippen LogP contribution is -2.47. The molecule has 0 aromatic rings. The molecule has 2 aliphatic rings. The molecule has 0 bridgehead atoms. The lowest BCUT2D eigenvalue weighted by atomic mass is 10.1. The second-order valence-corrected chi connectivity index (χ2v) is 4.72. The summed E-state index contributed by atoms with van der Waals surface area (Å²) in [6.45, 7) is 2.03. The number of carbonyl (C=O) groups is 2. The SMILES string of the molecule is CC/C=C(\CO)C(=O)NC1=CC(=O)C2(O)CCCN12. The van der Waals surface area contributed by atoms with Crippen LogP contribution in [0.15, 0.2) is 23.5 Å². The summed E-state index contributed by atoms with van der Waals surface area (Å²) in [6.07, 6.45) is 4.59. The summed E-state index contributed by atoms with van der Waals surface area (Å²) in [5.74, 6) is -0.532. The number of amides is 1.